The van der Waals surface area contributed by atoms with Crippen molar-refractivity contribution in [2.75, 3.05) is 11.9 Å². The molecule has 0 saturated carbocycles. The first kappa shape index (κ1) is 31.3. The number of amides is 1. The van der Waals surface area contributed by atoms with Crippen molar-refractivity contribution < 1.29 is 14.3 Å². The van der Waals surface area contributed by atoms with Crippen LogP contribution in [-0.4, -0.2) is 23.7 Å². The summed E-state index contributed by atoms with van der Waals surface area (Å²) in [4.78, 5) is 17.5. The second-order valence-electron chi connectivity index (χ2n) is 10.2. The minimum atomic E-state index is -0.331. The maximum absolute atomic E-state index is 12.8. The van der Waals surface area contributed by atoms with Crippen molar-refractivity contribution in [1.29, 1.82) is 0 Å². The van der Waals surface area contributed by atoms with E-state index < -0.39 is 0 Å². The third-order valence-corrected chi connectivity index (χ3v) is 8.68. The molecule has 1 heterocycles. The van der Waals surface area contributed by atoms with Crippen LogP contribution in [0.15, 0.2) is 118 Å². The van der Waals surface area contributed by atoms with Gasteiger partial charge in [0.2, 0.25) is 0 Å². The van der Waals surface area contributed by atoms with Crippen LogP contribution in [0.4, 0.5) is 10.8 Å². The Kier molecular flexibility index (Phi) is 9.93. The lowest BCUT2D eigenvalue weighted by molar-refractivity contribution is 0.0955. The number of carbonyl (C=O) groups is 1. The number of nitrogens with zero attached hydrogens (tertiary/aromatic N) is 2. The minimum absolute atomic E-state index is 0.331. The summed E-state index contributed by atoms with van der Waals surface area (Å²) in [5.74, 6) is 0.863. The number of carbonyl (C=O) groups excluding carboxylic acids is 1. The predicted molar refractivity (Wildman–Crippen MR) is 191 cm³/mol. The molecule has 1 amide bonds. The molecule has 0 atom stereocenters. The molecule has 0 bridgehead atoms. The van der Waals surface area contributed by atoms with Crippen molar-refractivity contribution in [1.82, 2.24) is 10.4 Å². The van der Waals surface area contributed by atoms with Gasteiger partial charge in [0.1, 0.15) is 6.61 Å². The number of hydrogen-bond acceptors (Lipinski definition) is 7. The van der Waals surface area contributed by atoms with Crippen molar-refractivity contribution in [2.45, 2.75) is 13.5 Å². The molecule has 0 aliphatic heterocycles. The van der Waals surface area contributed by atoms with Crippen LogP contribution >= 0.6 is 38.9 Å². The van der Waals surface area contributed by atoms with Crippen LogP contribution in [0.1, 0.15) is 28.4 Å². The minimum Gasteiger partial charge on any atom is -0.490 e. The zero-order valence-corrected chi connectivity index (χ0v) is 27.8. The zero-order chi connectivity index (χ0) is 31.9. The number of nitrogens with one attached hydrogen (secondary N) is 2. The van der Waals surface area contributed by atoms with Gasteiger partial charge in [-0.1, -0.05) is 60.1 Å². The van der Waals surface area contributed by atoms with Gasteiger partial charge in [0, 0.05) is 37.3 Å². The number of hydrogen-bond donors (Lipinski definition) is 2. The van der Waals surface area contributed by atoms with Gasteiger partial charge in [0.05, 0.1) is 18.5 Å². The van der Waals surface area contributed by atoms with Crippen molar-refractivity contribution in [3.63, 3.8) is 0 Å². The van der Waals surface area contributed by atoms with Crippen molar-refractivity contribution in [2.24, 2.45) is 5.10 Å². The summed E-state index contributed by atoms with van der Waals surface area (Å²) < 4.78 is 12.8. The van der Waals surface area contributed by atoms with Gasteiger partial charge < -0.3 is 14.8 Å². The Morgan fingerprint density at radius 2 is 1.70 bits per heavy atom. The van der Waals surface area contributed by atoms with Gasteiger partial charge in [-0.05, 0) is 93.8 Å². The Labute approximate surface area is 284 Å². The van der Waals surface area contributed by atoms with E-state index in [9.17, 15) is 4.79 Å². The Bertz CT molecular complexity index is 2010. The van der Waals surface area contributed by atoms with Gasteiger partial charge >= 0.3 is 0 Å². The van der Waals surface area contributed by atoms with Gasteiger partial charge in [0.15, 0.2) is 16.6 Å². The smallest absolute Gasteiger partial charge is 0.271 e. The third-order valence-electron chi connectivity index (χ3n) is 6.98. The van der Waals surface area contributed by atoms with Gasteiger partial charge in [-0.3, -0.25) is 4.79 Å². The lowest BCUT2D eigenvalue weighted by atomic mass is 10.1. The summed E-state index contributed by atoms with van der Waals surface area (Å²) in [5.41, 5.74) is 7.47. The van der Waals surface area contributed by atoms with E-state index in [-0.39, 0.29) is 5.91 Å². The quantitative estimate of drug-likeness (QED) is 0.103. The van der Waals surface area contributed by atoms with Crippen LogP contribution in [0.2, 0.25) is 5.02 Å². The van der Waals surface area contributed by atoms with Crippen LogP contribution in [0.25, 0.3) is 22.0 Å². The maximum Gasteiger partial charge on any atom is 0.271 e. The second kappa shape index (κ2) is 14.6. The van der Waals surface area contributed by atoms with E-state index in [1.54, 1.807) is 18.3 Å². The molecule has 5 aromatic carbocycles. The number of hydrazone groups is 1. The molecule has 0 aliphatic rings. The number of fused-ring (bicyclic) bond motifs is 1. The van der Waals surface area contributed by atoms with Crippen LogP contribution in [0.5, 0.6) is 11.5 Å². The van der Waals surface area contributed by atoms with E-state index in [0.29, 0.717) is 35.3 Å². The van der Waals surface area contributed by atoms with Crippen LogP contribution in [0, 0.1) is 0 Å². The molecule has 1 aromatic heterocycles. The van der Waals surface area contributed by atoms with E-state index in [0.717, 1.165) is 43.1 Å². The Morgan fingerprint density at radius 3 is 2.48 bits per heavy atom. The highest BCUT2D eigenvalue weighted by Crippen LogP contribution is 2.34. The number of anilines is 2. The van der Waals surface area contributed by atoms with Gasteiger partial charge in [-0.25, -0.2) is 10.4 Å². The molecule has 0 radical (unpaired) electrons. The fourth-order valence-corrected chi connectivity index (χ4v) is 5.95. The monoisotopic (exact) mass is 710 g/mol. The Balaban J connectivity index is 1.07. The lowest BCUT2D eigenvalue weighted by Gasteiger charge is -2.14. The van der Waals surface area contributed by atoms with Gasteiger partial charge in [-0.2, -0.15) is 5.10 Å². The first-order chi connectivity index (χ1) is 22.4. The number of ether oxygens (including phenoxy) is 2. The van der Waals surface area contributed by atoms with E-state index in [1.165, 1.54) is 16.7 Å². The topological polar surface area (TPSA) is 84.8 Å². The number of thiazole rings is 1. The zero-order valence-electron chi connectivity index (χ0n) is 24.7. The average Bonchev–Trinajstić information content (AvgIpc) is 3.55. The van der Waals surface area contributed by atoms with Crippen molar-refractivity contribution in [3.05, 3.63) is 135 Å². The van der Waals surface area contributed by atoms with Crippen molar-refractivity contribution in [3.8, 4) is 22.8 Å². The highest BCUT2D eigenvalue weighted by molar-refractivity contribution is 9.10. The molecule has 2 N–H and O–H groups in total. The van der Waals surface area contributed by atoms with E-state index >= 15 is 0 Å². The first-order valence-electron chi connectivity index (χ1n) is 14.4. The summed E-state index contributed by atoms with van der Waals surface area (Å²) in [6, 6.07) is 32.8. The lowest BCUT2D eigenvalue weighted by Crippen LogP contribution is -2.17. The number of benzene rings is 5. The van der Waals surface area contributed by atoms with Crippen LogP contribution in [0.3, 0.4) is 0 Å². The molecule has 230 valence electrons. The van der Waals surface area contributed by atoms with E-state index in [2.05, 4.69) is 67.1 Å². The third kappa shape index (κ3) is 7.74. The molecule has 6 rings (SSSR count). The summed E-state index contributed by atoms with van der Waals surface area (Å²) >= 11 is 11.1. The molecular weight excluding hydrogens is 684 g/mol. The average molecular weight is 712 g/mol. The first-order valence-corrected chi connectivity index (χ1v) is 16.5. The molecule has 0 fully saturated rings. The predicted octanol–water partition coefficient (Wildman–Crippen LogP) is 9.86. The number of halogens is 2. The van der Waals surface area contributed by atoms with E-state index in [1.807, 2.05) is 73.0 Å². The van der Waals surface area contributed by atoms with Crippen molar-refractivity contribution >= 4 is 72.6 Å². The summed E-state index contributed by atoms with van der Waals surface area (Å²) in [7, 11) is 0. The fraction of sp³-hybridized carbons (Fsp3) is 0.0833. The second-order valence-corrected chi connectivity index (χ2v) is 12.3. The van der Waals surface area contributed by atoms with Crippen LogP contribution in [-0.2, 0) is 6.61 Å². The number of rotatable bonds is 11. The summed E-state index contributed by atoms with van der Waals surface area (Å²) in [6.45, 7) is 2.78. The number of aromatic nitrogens is 1. The highest BCUT2D eigenvalue weighted by Gasteiger charge is 2.12. The van der Waals surface area contributed by atoms with Gasteiger partial charge in [-0.15, -0.1) is 11.3 Å². The Hall–Kier alpha value is -4.70. The molecule has 7 nitrogen and oxygen atoms in total. The van der Waals surface area contributed by atoms with Crippen LogP contribution < -0.4 is 20.2 Å². The molecule has 6 aromatic rings. The molecule has 46 heavy (non-hydrogen) atoms. The largest absolute Gasteiger partial charge is 0.490 e. The van der Waals surface area contributed by atoms with E-state index in [4.69, 9.17) is 21.1 Å². The molecule has 0 aliphatic carbocycles. The maximum atomic E-state index is 12.8. The summed E-state index contributed by atoms with van der Waals surface area (Å²) in [6.07, 6.45) is 1.57. The fourth-order valence-electron chi connectivity index (χ4n) is 4.66. The van der Waals surface area contributed by atoms with Gasteiger partial charge in [0.25, 0.3) is 5.91 Å². The Morgan fingerprint density at radius 1 is 0.935 bits per heavy atom. The summed E-state index contributed by atoms with van der Waals surface area (Å²) in [5, 5.41) is 13.2. The molecule has 10 heteroatoms. The standard InChI is InChI=1S/C36H28BrClN4O3S/c1-2-44-33-18-28(31(37)19-34(33)45-21-23-7-8-24-5-3-4-6-27(24)17-23)20-39-42-35(43)26-11-9-25(10-12-26)32-22-46-36(41-32)40-30-15-13-29(38)14-16-30/h3-20,22H,2,21H2,1H3,(H,40,41)(H,42,43)/b39-20-. The normalized spacial score (nSPS) is 11.1. The SMILES string of the molecule is CCOc1cc(/C=N\NC(=O)c2ccc(-c3csc(Nc4ccc(Cl)cc4)n3)cc2)c(Br)cc1OCc1ccc2ccccc2c1. The molecule has 0 saturated heterocycles. The molecular formula is C36H28BrClN4O3S. The molecule has 0 spiro atoms. The molecule has 0 unspecified atom stereocenters. The highest BCUT2D eigenvalue weighted by atomic mass is 79.9.